The van der Waals surface area contributed by atoms with Crippen LogP contribution in [0.2, 0.25) is 0 Å². The molecule has 0 atom stereocenters. The molecule has 2 aromatic carbocycles. The summed E-state index contributed by atoms with van der Waals surface area (Å²) in [5.41, 5.74) is 4.50. The van der Waals surface area contributed by atoms with Gasteiger partial charge in [-0.25, -0.2) is 4.98 Å². The number of amides is 2. The van der Waals surface area contributed by atoms with Crippen LogP contribution in [-0.2, 0) is 9.59 Å². The molecule has 6 nitrogen and oxygen atoms in total. The molecular weight excluding hydrogens is 416 g/mol. The minimum absolute atomic E-state index is 0.124. The van der Waals surface area contributed by atoms with Gasteiger partial charge in [-0.2, -0.15) is 0 Å². The summed E-state index contributed by atoms with van der Waals surface area (Å²) in [5, 5.41) is 7.68. The standard InChI is InChI=1S/C22H20N4O2S2/c1-15-2-6-17(7-3-15)23-20(27)13-29-14-21(28)24-18-8-4-16(5-9-18)19-12-26-10-11-30-22(26)25-19/h2-12H,13-14H2,1H3,(H,23,27)(H,24,28). The number of imidazole rings is 1. The zero-order valence-electron chi connectivity index (χ0n) is 16.3. The fraction of sp³-hybridized carbons (Fsp3) is 0.136. The second-order valence-electron chi connectivity index (χ2n) is 6.75. The summed E-state index contributed by atoms with van der Waals surface area (Å²) < 4.78 is 1.99. The lowest BCUT2D eigenvalue weighted by Crippen LogP contribution is -2.18. The van der Waals surface area contributed by atoms with E-state index in [1.807, 2.05) is 77.6 Å². The Balaban J connectivity index is 1.23. The predicted octanol–water partition coefficient (Wildman–Crippen LogP) is 4.68. The summed E-state index contributed by atoms with van der Waals surface area (Å²) >= 11 is 2.87. The van der Waals surface area contributed by atoms with Crippen molar-refractivity contribution in [3.63, 3.8) is 0 Å². The second-order valence-corrected chi connectivity index (χ2v) is 8.61. The van der Waals surface area contributed by atoms with Crippen molar-refractivity contribution in [1.82, 2.24) is 9.38 Å². The Morgan fingerprint density at radius 3 is 2.17 bits per heavy atom. The first-order chi connectivity index (χ1) is 14.6. The highest BCUT2D eigenvalue weighted by atomic mass is 32.2. The van der Waals surface area contributed by atoms with Gasteiger partial charge in [0.15, 0.2) is 4.96 Å². The molecule has 0 bridgehead atoms. The molecule has 2 heterocycles. The number of benzene rings is 2. The molecule has 0 saturated carbocycles. The Hall–Kier alpha value is -3.10. The lowest BCUT2D eigenvalue weighted by molar-refractivity contribution is -0.114. The number of anilines is 2. The predicted molar refractivity (Wildman–Crippen MR) is 124 cm³/mol. The molecule has 0 aliphatic carbocycles. The first-order valence-corrected chi connectivity index (χ1v) is 11.4. The van der Waals surface area contributed by atoms with Crippen LogP contribution in [-0.4, -0.2) is 32.7 Å². The van der Waals surface area contributed by atoms with Crippen LogP contribution in [0.25, 0.3) is 16.2 Å². The van der Waals surface area contributed by atoms with Crippen LogP contribution in [0, 0.1) is 6.92 Å². The molecule has 0 unspecified atom stereocenters. The summed E-state index contributed by atoms with van der Waals surface area (Å²) in [6.45, 7) is 1.99. The third-order valence-corrected chi connectivity index (χ3v) is 6.06. The largest absolute Gasteiger partial charge is 0.325 e. The summed E-state index contributed by atoms with van der Waals surface area (Å²) in [6.07, 6.45) is 3.96. The molecule has 30 heavy (non-hydrogen) atoms. The SMILES string of the molecule is Cc1ccc(NC(=O)CSCC(=O)Nc2ccc(-c3cn4ccsc4n3)cc2)cc1. The van der Waals surface area contributed by atoms with Gasteiger partial charge in [-0.3, -0.25) is 14.0 Å². The van der Waals surface area contributed by atoms with Crippen LogP contribution in [0.4, 0.5) is 11.4 Å². The van der Waals surface area contributed by atoms with Crippen molar-refractivity contribution >= 4 is 51.2 Å². The number of aromatic nitrogens is 2. The van der Waals surface area contributed by atoms with E-state index >= 15 is 0 Å². The number of nitrogens with one attached hydrogen (secondary N) is 2. The van der Waals surface area contributed by atoms with E-state index in [2.05, 4.69) is 15.6 Å². The topological polar surface area (TPSA) is 75.5 Å². The van der Waals surface area contributed by atoms with E-state index in [0.717, 1.165) is 33.2 Å². The van der Waals surface area contributed by atoms with E-state index < -0.39 is 0 Å². The number of hydrogen-bond donors (Lipinski definition) is 2. The molecule has 0 aliphatic heterocycles. The third-order valence-electron chi connectivity index (χ3n) is 4.36. The Bertz CT molecular complexity index is 1140. The minimum Gasteiger partial charge on any atom is -0.325 e. The molecule has 2 N–H and O–H groups in total. The van der Waals surface area contributed by atoms with Gasteiger partial charge >= 0.3 is 0 Å². The highest BCUT2D eigenvalue weighted by Gasteiger charge is 2.08. The monoisotopic (exact) mass is 436 g/mol. The van der Waals surface area contributed by atoms with Crippen LogP contribution < -0.4 is 10.6 Å². The van der Waals surface area contributed by atoms with Crippen molar-refractivity contribution in [1.29, 1.82) is 0 Å². The number of rotatable bonds is 7. The molecule has 152 valence electrons. The number of hydrogen-bond acceptors (Lipinski definition) is 5. The molecule has 4 rings (SSSR count). The Labute approximate surface area is 182 Å². The average molecular weight is 437 g/mol. The van der Waals surface area contributed by atoms with Gasteiger partial charge in [-0.05, 0) is 31.2 Å². The van der Waals surface area contributed by atoms with Crippen LogP contribution in [0.5, 0.6) is 0 Å². The van der Waals surface area contributed by atoms with Gasteiger partial charge in [0, 0.05) is 34.7 Å². The quantitative estimate of drug-likeness (QED) is 0.441. The molecule has 4 aromatic rings. The maximum absolute atomic E-state index is 12.1. The van der Waals surface area contributed by atoms with Gasteiger partial charge in [0.25, 0.3) is 0 Å². The average Bonchev–Trinajstić information content (AvgIpc) is 3.33. The maximum Gasteiger partial charge on any atom is 0.234 e. The van der Waals surface area contributed by atoms with Crippen molar-refractivity contribution in [3.05, 3.63) is 71.9 Å². The number of fused-ring (bicyclic) bond motifs is 1. The van der Waals surface area contributed by atoms with Gasteiger partial charge in [-0.1, -0.05) is 29.8 Å². The summed E-state index contributed by atoms with van der Waals surface area (Å²) in [5.74, 6) is 0.164. The van der Waals surface area contributed by atoms with Crippen LogP contribution in [0.3, 0.4) is 0 Å². The van der Waals surface area contributed by atoms with Crippen LogP contribution in [0.1, 0.15) is 5.56 Å². The zero-order valence-corrected chi connectivity index (χ0v) is 17.9. The molecule has 8 heteroatoms. The molecule has 0 saturated heterocycles. The molecule has 0 aliphatic rings. The Kier molecular flexibility index (Phi) is 6.15. The first kappa shape index (κ1) is 20.2. The first-order valence-electron chi connectivity index (χ1n) is 9.33. The highest BCUT2D eigenvalue weighted by molar-refractivity contribution is 8.00. The van der Waals surface area contributed by atoms with Crippen molar-refractivity contribution in [2.24, 2.45) is 0 Å². The number of carbonyl (C=O) groups excluding carboxylic acids is 2. The molecular formula is C22H20N4O2S2. The molecule has 0 fully saturated rings. The van der Waals surface area contributed by atoms with Crippen LogP contribution in [0.15, 0.2) is 66.3 Å². The fourth-order valence-electron chi connectivity index (χ4n) is 2.86. The van der Waals surface area contributed by atoms with Gasteiger partial charge in [0.2, 0.25) is 11.8 Å². The molecule has 2 aromatic heterocycles. The summed E-state index contributed by atoms with van der Waals surface area (Å²) in [7, 11) is 0. The lowest BCUT2D eigenvalue weighted by atomic mass is 10.1. The zero-order chi connectivity index (χ0) is 20.9. The number of aryl methyl sites for hydroxylation is 1. The van der Waals surface area contributed by atoms with Crippen molar-refractivity contribution < 1.29 is 9.59 Å². The fourth-order valence-corrected chi connectivity index (χ4v) is 4.18. The van der Waals surface area contributed by atoms with E-state index in [-0.39, 0.29) is 23.3 Å². The minimum atomic E-state index is -0.140. The number of nitrogens with zero attached hydrogens (tertiary/aromatic N) is 2. The Morgan fingerprint density at radius 1 is 0.967 bits per heavy atom. The lowest BCUT2D eigenvalue weighted by Gasteiger charge is -2.07. The number of thiazole rings is 1. The van der Waals surface area contributed by atoms with Gasteiger partial charge in [-0.15, -0.1) is 23.1 Å². The van der Waals surface area contributed by atoms with Gasteiger partial charge in [0.05, 0.1) is 17.2 Å². The van der Waals surface area contributed by atoms with E-state index in [4.69, 9.17) is 0 Å². The van der Waals surface area contributed by atoms with E-state index in [1.165, 1.54) is 11.8 Å². The van der Waals surface area contributed by atoms with E-state index in [1.54, 1.807) is 11.3 Å². The Morgan fingerprint density at radius 2 is 1.57 bits per heavy atom. The van der Waals surface area contributed by atoms with Crippen LogP contribution >= 0.6 is 23.1 Å². The number of thioether (sulfide) groups is 1. The van der Waals surface area contributed by atoms with Crippen molar-refractivity contribution in [2.75, 3.05) is 22.1 Å². The number of carbonyl (C=O) groups is 2. The molecule has 0 spiro atoms. The highest BCUT2D eigenvalue weighted by Crippen LogP contribution is 2.23. The van der Waals surface area contributed by atoms with Crippen molar-refractivity contribution in [3.8, 4) is 11.3 Å². The van der Waals surface area contributed by atoms with Gasteiger partial charge in [0.1, 0.15) is 0 Å². The summed E-state index contributed by atoms with van der Waals surface area (Å²) in [4.78, 5) is 29.7. The summed E-state index contributed by atoms with van der Waals surface area (Å²) in [6, 6.07) is 15.2. The van der Waals surface area contributed by atoms with Crippen molar-refractivity contribution in [2.45, 2.75) is 6.92 Å². The van der Waals surface area contributed by atoms with E-state index in [0.29, 0.717) is 0 Å². The normalized spacial score (nSPS) is 10.8. The molecule has 2 amide bonds. The smallest absolute Gasteiger partial charge is 0.234 e. The third kappa shape index (κ3) is 5.08. The second kappa shape index (κ2) is 9.15. The maximum atomic E-state index is 12.1. The molecule has 0 radical (unpaired) electrons. The van der Waals surface area contributed by atoms with E-state index in [9.17, 15) is 9.59 Å². The van der Waals surface area contributed by atoms with Gasteiger partial charge < -0.3 is 10.6 Å².